The van der Waals surface area contributed by atoms with E-state index < -0.39 is 0 Å². The zero-order chi connectivity index (χ0) is 36.1. The van der Waals surface area contributed by atoms with Crippen molar-refractivity contribution in [3.05, 3.63) is 167 Å². The molecule has 0 saturated heterocycles. The van der Waals surface area contributed by atoms with Gasteiger partial charge >= 0.3 is 0 Å². The Bertz CT molecular complexity index is 2790. The van der Waals surface area contributed by atoms with Crippen LogP contribution >= 0.6 is 0 Å². The van der Waals surface area contributed by atoms with Crippen molar-refractivity contribution >= 4 is 43.9 Å². The Kier molecular flexibility index (Phi) is 9.79. The predicted molar refractivity (Wildman–Crippen MR) is 216 cm³/mol. The molecule has 0 aliphatic heterocycles. The van der Waals surface area contributed by atoms with Gasteiger partial charge in [0, 0.05) is 49.2 Å². The van der Waals surface area contributed by atoms with Crippen LogP contribution in [0.2, 0.25) is 0 Å². The molecular formula is C49H40IrN2O2-2. The van der Waals surface area contributed by atoms with Gasteiger partial charge in [0.2, 0.25) is 0 Å². The van der Waals surface area contributed by atoms with Crippen molar-refractivity contribution in [2.45, 2.75) is 59.3 Å². The van der Waals surface area contributed by atoms with Crippen LogP contribution in [0.25, 0.3) is 66.4 Å². The van der Waals surface area contributed by atoms with Crippen LogP contribution in [0.4, 0.5) is 0 Å². The zero-order valence-corrected chi connectivity index (χ0v) is 33.3. The first-order valence-corrected chi connectivity index (χ1v) is 18.6. The molecule has 1 aliphatic carbocycles. The van der Waals surface area contributed by atoms with Gasteiger partial charge in [0.05, 0.1) is 11.2 Å². The Labute approximate surface area is 329 Å². The third kappa shape index (κ3) is 6.79. The maximum Gasteiger partial charge on any atom is 0.121 e. The van der Waals surface area contributed by atoms with Crippen molar-refractivity contribution < 1.29 is 28.9 Å². The van der Waals surface area contributed by atoms with Crippen LogP contribution in [0.3, 0.4) is 0 Å². The molecule has 269 valence electrons. The molecule has 0 spiro atoms. The Hall–Kier alpha value is -5.35. The SMILES string of the molecule is Cc1ccc(-c2[c-]ccc3c2oc2cc(C)ccc23)nc1.Cc1ccc2oc3c[c-]c(-c4cc(C(C)c5ccc6c(c5)CCCC6)ccn4)cc3c2c1.[Ir]. The van der Waals surface area contributed by atoms with E-state index in [0.717, 1.165) is 72.0 Å². The number of pyridine rings is 2. The van der Waals surface area contributed by atoms with Gasteiger partial charge in [0.1, 0.15) is 11.2 Å². The summed E-state index contributed by atoms with van der Waals surface area (Å²) < 4.78 is 12.1. The summed E-state index contributed by atoms with van der Waals surface area (Å²) in [6.45, 7) is 8.51. The van der Waals surface area contributed by atoms with Gasteiger partial charge in [-0.05, 0) is 115 Å². The maximum atomic E-state index is 6.08. The molecule has 1 atom stereocenters. The van der Waals surface area contributed by atoms with Crippen molar-refractivity contribution in [3.63, 3.8) is 0 Å². The van der Waals surface area contributed by atoms with Gasteiger partial charge in [-0.2, -0.15) is 0 Å². The summed E-state index contributed by atoms with van der Waals surface area (Å²) in [6, 6.07) is 42.9. The monoisotopic (exact) mass is 881 g/mol. The van der Waals surface area contributed by atoms with E-state index in [9.17, 15) is 0 Å². The van der Waals surface area contributed by atoms with Crippen molar-refractivity contribution in [2.75, 3.05) is 0 Å². The molecule has 54 heavy (non-hydrogen) atoms. The summed E-state index contributed by atoms with van der Waals surface area (Å²) in [6.07, 6.45) is 8.87. The van der Waals surface area contributed by atoms with E-state index in [1.807, 2.05) is 49.6 Å². The quantitative estimate of drug-likeness (QED) is 0.165. The zero-order valence-electron chi connectivity index (χ0n) is 30.9. The van der Waals surface area contributed by atoms with E-state index >= 15 is 0 Å². The molecular weight excluding hydrogens is 841 g/mol. The van der Waals surface area contributed by atoms with Gasteiger partial charge in [-0.25, -0.2) is 0 Å². The van der Waals surface area contributed by atoms with E-state index in [2.05, 4.69) is 116 Å². The van der Waals surface area contributed by atoms with E-state index in [1.54, 1.807) is 0 Å². The molecule has 0 amide bonds. The van der Waals surface area contributed by atoms with Gasteiger partial charge in [0.15, 0.2) is 0 Å². The van der Waals surface area contributed by atoms with Crippen LogP contribution in [0.5, 0.6) is 0 Å². The molecule has 4 aromatic heterocycles. The summed E-state index contributed by atoms with van der Waals surface area (Å²) in [5.41, 5.74) is 16.6. The van der Waals surface area contributed by atoms with E-state index in [0.29, 0.717) is 5.92 Å². The fourth-order valence-electron chi connectivity index (χ4n) is 7.72. The molecule has 0 fully saturated rings. The number of hydrogen-bond acceptors (Lipinski definition) is 4. The topological polar surface area (TPSA) is 52.1 Å². The van der Waals surface area contributed by atoms with Gasteiger partial charge < -0.3 is 18.8 Å². The first-order valence-electron chi connectivity index (χ1n) is 18.6. The van der Waals surface area contributed by atoms with Gasteiger partial charge in [-0.15, -0.1) is 42.0 Å². The molecule has 1 radical (unpaired) electrons. The minimum absolute atomic E-state index is 0. The molecule has 4 nitrogen and oxygen atoms in total. The van der Waals surface area contributed by atoms with Crippen molar-refractivity contribution in [1.29, 1.82) is 0 Å². The second-order valence-corrected chi connectivity index (χ2v) is 14.6. The number of furan rings is 2. The number of rotatable bonds is 4. The predicted octanol–water partition coefficient (Wildman–Crippen LogP) is 12.8. The summed E-state index contributed by atoms with van der Waals surface area (Å²) in [7, 11) is 0. The molecule has 0 bridgehead atoms. The van der Waals surface area contributed by atoms with Crippen molar-refractivity contribution in [3.8, 4) is 22.5 Å². The van der Waals surface area contributed by atoms with Gasteiger partial charge in [0.25, 0.3) is 0 Å². The first-order chi connectivity index (χ1) is 25.9. The number of fused-ring (bicyclic) bond motifs is 7. The summed E-state index contributed by atoms with van der Waals surface area (Å²) in [5.74, 6) is 0.324. The van der Waals surface area contributed by atoms with Crippen LogP contribution in [0.15, 0.2) is 124 Å². The largest absolute Gasteiger partial charge is 0.501 e. The summed E-state index contributed by atoms with van der Waals surface area (Å²) in [5, 5.41) is 4.51. The maximum absolute atomic E-state index is 6.08. The van der Waals surface area contributed by atoms with Crippen LogP contribution < -0.4 is 0 Å². The molecule has 9 aromatic rings. The van der Waals surface area contributed by atoms with Crippen LogP contribution in [-0.2, 0) is 32.9 Å². The van der Waals surface area contributed by atoms with Crippen molar-refractivity contribution in [2.24, 2.45) is 0 Å². The molecule has 1 unspecified atom stereocenters. The third-order valence-corrected chi connectivity index (χ3v) is 10.7. The summed E-state index contributed by atoms with van der Waals surface area (Å²) >= 11 is 0. The Balaban J connectivity index is 0.000000163. The number of hydrogen-bond donors (Lipinski definition) is 0. The Morgan fingerprint density at radius 1 is 0.593 bits per heavy atom. The second-order valence-electron chi connectivity index (χ2n) is 14.6. The standard InChI is InChI=1S/C30H26NO.C19H14NO.Ir/c1-19-7-11-29-26(15-19)27-17-25(10-12-30(27)32-29)28-18-23(13-14-31-28)20(2)22-9-8-21-5-3-4-6-24(21)16-22;1-12-6-8-14-15-4-3-5-16(19(15)21-18(14)10-12)17-9-7-13(2)11-20-17;/h7-9,11-18,20H,3-6H2,1-2H3;3-4,6-11H,1-2H3;/q2*-1;. The molecule has 1 aliphatic rings. The first kappa shape index (κ1) is 35.7. The van der Waals surface area contributed by atoms with Crippen LogP contribution in [-0.4, -0.2) is 9.97 Å². The average Bonchev–Trinajstić information content (AvgIpc) is 3.75. The number of aryl methyl sites for hydroxylation is 5. The Morgan fingerprint density at radius 2 is 1.37 bits per heavy atom. The van der Waals surface area contributed by atoms with Crippen molar-refractivity contribution in [1.82, 2.24) is 9.97 Å². The van der Waals surface area contributed by atoms with Gasteiger partial charge in [-0.1, -0.05) is 83.4 Å². The van der Waals surface area contributed by atoms with E-state index in [1.165, 1.54) is 59.1 Å². The number of benzene rings is 5. The molecule has 0 N–H and O–H groups in total. The van der Waals surface area contributed by atoms with E-state index in [-0.39, 0.29) is 20.1 Å². The number of nitrogens with zero attached hydrogens (tertiary/aromatic N) is 2. The van der Waals surface area contributed by atoms with Crippen LogP contribution in [0.1, 0.15) is 64.6 Å². The van der Waals surface area contributed by atoms with E-state index in [4.69, 9.17) is 8.83 Å². The minimum atomic E-state index is 0. The van der Waals surface area contributed by atoms with Gasteiger partial charge in [-0.3, -0.25) is 0 Å². The molecule has 10 rings (SSSR count). The Morgan fingerprint density at radius 3 is 2.22 bits per heavy atom. The van der Waals surface area contributed by atoms with Crippen LogP contribution in [0, 0.1) is 32.9 Å². The average molecular weight is 881 g/mol. The molecule has 5 heteroatoms. The summed E-state index contributed by atoms with van der Waals surface area (Å²) in [4.78, 5) is 9.18. The third-order valence-electron chi connectivity index (χ3n) is 10.7. The molecule has 0 saturated carbocycles. The minimum Gasteiger partial charge on any atom is -0.501 e. The fraction of sp³-hybridized carbons (Fsp3) is 0.184. The molecule has 4 heterocycles. The normalized spacial score (nSPS) is 13.0. The fourth-order valence-corrected chi connectivity index (χ4v) is 7.72. The second kappa shape index (κ2) is 14.8. The number of aromatic nitrogens is 2. The smallest absolute Gasteiger partial charge is 0.121 e. The molecule has 5 aromatic carbocycles.